The minimum Gasteiger partial charge on any atom is -0.424 e. The number of fused-ring (bicyclic) bond motifs is 5. The predicted molar refractivity (Wildman–Crippen MR) is 165 cm³/mol. The van der Waals surface area contributed by atoms with Crippen LogP contribution in [0.15, 0.2) is 114 Å². The van der Waals surface area contributed by atoms with Gasteiger partial charge >= 0.3 is 0 Å². The van der Waals surface area contributed by atoms with Gasteiger partial charge in [0.25, 0.3) is 13.9 Å². The van der Waals surface area contributed by atoms with Crippen molar-refractivity contribution in [2.75, 3.05) is 0 Å². The first-order valence-electron chi connectivity index (χ1n) is 13.9. The van der Waals surface area contributed by atoms with Gasteiger partial charge in [0.1, 0.15) is 0 Å². The SMILES string of the molecule is CC(C)(CCC(=O)Cn1c2c(c3ccccc3c1=O)C(=O)c1ccccc1-2)[Si](O)(c1ccccc1)c1ccccc1. The molecule has 0 amide bonds. The van der Waals surface area contributed by atoms with E-state index in [1.165, 1.54) is 4.57 Å². The highest BCUT2D eigenvalue weighted by Gasteiger charge is 2.49. The zero-order valence-corrected chi connectivity index (χ0v) is 24.1. The number of carbonyl (C=O) groups is 2. The first-order valence-corrected chi connectivity index (χ1v) is 15.8. The molecule has 1 aliphatic carbocycles. The summed E-state index contributed by atoms with van der Waals surface area (Å²) in [5.74, 6) is -0.247. The molecule has 0 atom stereocenters. The van der Waals surface area contributed by atoms with Crippen LogP contribution in [0.4, 0.5) is 0 Å². The van der Waals surface area contributed by atoms with E-state index in [2.05, 4.69) is 0 Å². The van der Waals surface area contributed by atoms with E-state index >= 15 is 0 Å². The van der Waals surface area contributed by atoms with E-state index in [-0.39, 0.29) is 30.1 Å². The molecule has 0 aliphatic heterocycles. The second kappa shape index (κ2) is 10.2. The van der Waals surface area contributed by atoms with Crippen LogP contribution in [0.25, 0.3) is 22.0 Å². The Balaban J connectivity index is 1.36. The van der Waals surface area contributed by atoms with Crippen LogP contribution in [0.1, 0.15) is 42.6 Å². The summed E-state index contributed by atoms with van der Waals surface area (Å²) in [5, 5.41) is 2.23. The minimum atomic E-state index is -3.27. The molecule has 1 aliphatic rings. The predicted octanol–water partition coefficient (Wildman–Crippen LogP) is 5.09. The van der Waals surface area contributed by atoms with Gasteiger partial charge < -0.3 is 4.80 Å². The van der Waals surface area contributed by atoms with Crippen molar-refractivity contribution >= 4 is 41.0 Å². The van der Waals surface area contributed by atoms with Gasteiger partial charge in [0, 0.05) is 28.3 Å². The molecule has 0 saturated carbocycles. The summed E-state index contributed by atoms with van der Waals surface area (Å²) < 4.78 is 1.48. The second-order valence-electron chi connectivity index (χ2n) is 11.4. The van der Waals surface area contributed by atoms with E-state index in [0.29, 0.717) is 39.6 Å². The molecular formula is C35H31NO4Si. The Kier molecular flexibility index (Phi) is 6.68. The number of hydrogen-bond donors (Lipinski definition) is 1. The maximum absolute atomic E-state index is 13.7. The van der Waals surface area contributed by atoms with Crippen molar-refractivity contribution < 1.29 is 14.4 Å². The first-order chi connectivity index (χ1) is 19.7. The number of hydrogen-bond acceptors (Lipinski definition) is 4. The molecule has 0 saturated heterocycles. The van der Waals surface area contributed by atoms with Gasteiger partial charge in [-0.3, -0.25) is 19.0 Å². The summed E-state index contributed by atoms with van der Waals surface area (Å²) >= 11 is 0. The molecule has 0 bridgehead atoms. The molecule has 1 N–H and O–H groups in total. The van der Waals surface area contributed by atoms with Crippen LogP contribution in [0.5, 0.6) is 0 Å². The molecule has 41 heavy (non-hydrogen) atoms. The molecule has 5 aromatic rings. The number of rotatable bonds is 8. The molecular weight excluding hydrogens is 526 g/mol. The number of nitrogens with zero attached hydrogens (tertiary/aromatic N) is 1. The highest BCUT2D eigenvalue weighted by Crippen LogP contribution is 2.41. The van der Waals surface area contributed by atoms with Crippen molar-refractivity contribution in [2.45, 2.75) is 38.3 Å². The monoisotopic (exact) mass is 557 g/mol. The van der Waals surface area contributed by atoms with Crippen LogP contribution in [-0.2, 0) is 11.3 Å². The molecule has 0 radical (unpaired) electrons. The lowest BCUT2D eigenvalue weighted by atomic mass is 10.0. The number of ketones is 2. The van der Waals surface area contributed by atoms with Gasteiger partial charge in [-0.2, -0.15) is 0 Å². The lowest BCUT2D eigenvalue weighted by molar-refractivity contribution is -0.119. The highest BCUT2D eigenvalue weighted by molar-refractivity contribution is 6.98. The number of aromatic nitrogens is 1. The molecule has 4 aromatic carbocycles. The van der Waals surface area contributed by atoms with E-state index in [4.69, 9.17) is 0 Å². The number of Topliss-reactive ketones (excluding diaryl/α,β-unsaturated/α-hetero) is 1. The van der Waals surface area contributed by atoms with Crippen LogP contribution in [-0.4, -0.2) is 29.2 Å². The molecule has 0 fully saturated rings. The summed E-state index contributed by atoms with van der Waals surface area (Å²) in [4.78, 5) is 53.3. The quantitative estimate of drug-likeness (QED) is 0.265. The Morgan fingerprint density at radius 2 is 1.24 bits per heavy atom. The third-order valence-corrected chi connectivity index (χ3v) is 13.1. The molecule has 204 valence electrons. The largest absolute Gasteiger partial charge is 0.424 e. The standard InChI is InChI=1S/C35H31NO4Si/c1-35(2,41(40,25-13-5-3-6-14-25)26-15-7-4-8-16-26)22-21-24(37)23-36-32-28-18-10-11-19-29(28)33(38)31(32)27-17-9-12-20-30(27)34(36)39/h3-20,40H,21-23H2,1-2H3. The Labute approximate surface area is 239 Å². The molecule has 1 aromatic heterocycles. The molecule has 6 rings (SSSR count). The summed E-state index contributed by atoms with van der Waals surface area (Å²) in [7, 11) is -3.27. The molecule has 5 nitrogen and oxygen atoms in total. The van der Waals surface area contributed by atoms with Crippen LogP contribution < -0.4 is 15.9 Å². The lowest BCUT2D eigenvalue weighted by Crippen LogP contribution is -2.65. The third kappa shape index (κ3) is 4.31. The number of carbonyl (C=O) groups excluding carboxylic acids is 2. The summed E-state index contributed by atoms with van der Waals surface area (Å²) in [6, 6.07) is 33.8. The van der Waals surface area contributed by atoms with Crippen molar-refractivity contribution in [1.82, 2.24) is 4.57 Å². The minimum absolute atomic E-state index is 0.119. The van der Waals surface area contributed by atoms with Crippen LogP contribution >= 0.6 is 0 Å². The lowest BCUT2D eigenvalue weighted by Gasteiger charge is -2.41. The Bertz CT molecular complexity index is 1820. The zero-order valence-electron chi connectivity index (χ0n) is 23.1. The highest BCUT2D eigenvalue weighted by atomic mass is 28.4. The van der Waals surface area contributed by atoms with Crippen molar-refractivity contribution in [3.05, 3.63) is 131 Å². The van der Waals surface area contributed by atoms with E-state index in [1.54, 1.807) is 24.3 Å². The van der Waals surface area contributed by atoms with Crippen molar-refractivity contribution in [3.63, 3.8) is 0 Å². The topological polar surface area (TPSA) is 76.4 Å². The average Bonchev–Trinajstić information content (AvgIpc) is 3.31. The van der Waals surface area contributed by atoms with Gasteiger partial charge in [-0.1, -0.05) is 117 Å². The Morgan fingerprint density at radius 1 is 0.732 bits per heavy atom. The van der Waals surface area contributed by atoms with E-state index in [0.717, 1.165) is 10.4 Å². The van der Waals surface area contributed by atoms with Crippen LogP contribution in [0, 0.1) is 0 Å². The van der Waals surface area contributed by atoms with E-state index in [9.17, 15) is 19.2 Å². The average molecular weight is 558 g/mol. The van der Waals surface area contributed by atoms with Gasteiger partial charge in [-0.15, -0.1) is 0 Å². The zero-order chi connectivity index (χ0) is 28.8. The fourth-order valence-corrected chi connectivity index (χ4v) is 10.0. The maximum Gasteiger partial charge on any atom is 0.259 e. The fourth-order valence-electron chi connectivity index (χ4n) is 6.28. The number of pyridine rings is 1. The van der Waals surface area contributed by atoms with Gasteiger partial charge in [0.05, 0.1) is 17.8 Å². The second-order valence-corrected chi connectivity index (χ2v) is 15.3. The van der Waals surface area contributed by atoms with Gasteiger partial charge in [-0.05, 0) is 27.9 Å². The number of benzene rings is 4. The molecule has 0 unspecified atom stereocenters. The molecule has 0 spiro atoms. The summed E-state index contributed by atoms with van der Waals surface area (Å²) in [6.07, 6.45) is 0.629. The summed E-state index contributed by atoms with van der Waals surface area (Å²) in [6.45, 7) is 3.92. The van der Waals surface area contributed by atoms with Crippen LogP contribution in [0.3, 0.4) is 0 Å². The normalized spacial score (nSPS) is 12.8. The van der Waals surface area contributed by atoms with Crippen molar-refractivity contribution in [2.24, 2.45) is 0 Å². The third-order valence-electron chi connectivity index (χ3n) is 8.56. The molecule has 1 heterocycles. The molecule has 6 heteroatoms. The van der Waals surface area contributed by atoms with Gasteiger partial charge in [0.15, 0.2) is 11.6 Å². The van der Waals surface area contributed by atoms with Crippen molar-refractivity contribution in [3.8, 4) is 11.3 Å². The van der Waals surface area contributed by atoms with E-state index in [1.807, 2.05) is 98.8 Å². The van der Waals surface area contributed by atoms with Crippen LogP contribution in [0.2, 0.25) is 5.04 Å². The first kappa shape index (κ1) is 26.8. The van der Waals surface area contributed by atoms with Gasteiger partial charge in [0.2, 0.25) is 0 Å². The van der Waals surface area contributed by atoms with Gasteiger partial charge in [-0.25, -0.2) is 0 Å². The Morgan fingerprint density at radius 3 is 1.85 bits per heavy atom. The van der Waals surface area contributed by atoms with E-state index < -0.39 is 13.4 Å². The Hall–Kier alpha value is -4.39. The van der Waals surface area contributed by atoms with Crippen molar-refractivity contribution in [1.29, 1.82) is 0 Å². The fraction of sp³-hybridized carbons (Fsp3) is 0.171. The smallest absolute Gasteiger partial charge is 0.259 e. The maximum atomic E-state index is 13.7. The summed E-state index contributed by atoms with van der Waals surface area (Å²) in [5.41, 5.74) is 1.93.